The molecule has 1 heterocycles. The van der Waals surface area contributed by atoms with Gasteiger partial charge in [0.05, 0.1) is 16.6 Å². The quantitative estimate of drug-likeness (QED) is 0.462. The predicted octanol–water partition coefficient (Wildman–Crippen LogP) is 5.34. The van der Waals surface area contributed by atoms with Crippen LogP contribution >= 0.6 is 0 Å². The van der Waals surface area contributed by atoms with Gasteiger partial charge in [0, 0.05) is 6.61 Å². The van der Waals surface area contributed by atoms with E-state index in [9.17, 15) is 8.42 Å². The van der Waals surface area contributed by atoms with Crippen molar-refractivity contribution >= 4 is 9.84 Å². The van der Waals surface area contributed by atoms with Crippen LogP contribution < -0.4 is 4.74 Å². The summed E-state index contributed by atoms with van der Waals surface area (Å²) in [6.45, 7) is 6.84. The van der Waals surface area contributed by atoms with Crippen molar-refractivity contribution in [3.8, 4) is 5.75 Å². The fourth-order valence-electron chi connectivity index (χ4n) is 3.34. The maximum Gasteiger partial charge on any atom is 0.155 e. The molecule has 2 rings (SSSR count). The molecule has 1 aliphatic rings. The summed E-state index contributed by atoms with van der Waals surface area (Å²) in [5.41, 5.74) is 1.33. The molecule has 28 heavy (non-hydrogen) atoms. The molecule has 1 saturated heterocycles. The average molecular weight is 411 g/mol. The molecule has 0 aromatic heterocycles. The molecule has 0 aliphatic carbocycles. The van der Waals surface area contributed by atoms with Gasteiger partial charge in [-0.1, -0.05) is 31.4 Å². The van der Waals surface area contributed by atoms with Crippen molar-refractivity contribution in [2.45, 2.75) is 89.4 Å². The minimum absolute atomic E-state index is 0.242. The minimum atomic E-state index is -2.97. The first-order valence-corrected chi connectivity index (χ1v) is 12.5. The number of hydrogen-bond acceptors (Lipinski definition) is 4. The Morgan fingerprint density at radius 1 is 1.00 bits per heavy atom. The lowest BCUT2D eigenvalue weighted by Crippen LogP contribution is -2.30. The molecule has 160 valence electrons. The fraction of sp³-hybridized carbons (Fsp3) is 0.739. The SMILES string of the molecule is CC(C)(C)S(=O)(=O)CCCCCCCc1ccc(OCC2CCCCO2)cc1. The van der Waals surface area contributed by atoms with E-state index in [2.05, 4.69) is 24.3 Å². The van der Waals surface area contributed by atoms with Crippen molar-refractivity contribution in [2.24, 2.45) is 0 Å². The van der Waals surface area contributed by atoms with E-state index in [1.165, 1.54) is 18.4 Å². The summed E-state index contributed by atoms with van der Waals surface area (Å²) in [7, 11) is -2.97. The number of sulfone groups is 1. The van der Waals surface area contributed by atoms with Crippen molar-refractivity contribution in [3.05, 3.63) is 29.8 Å². The van der Waals surface area contributed by atoms with Gasteiger partial charge >= 0.3 is 0 Å². The van der Waals surface area contributed by atoms with E-state index in [0.717, 1.165) is 57.3 Å². The Bertz CT molecular complexity index is 653. The number of ether oxygens (including phenoxy) is 2. The van der Waals surface area contributed by atoms with E-state index in [1.54, 1.807) is 20.8 Å². The molecule has 5 heteroatoms. The van der Waals surface area contributed by atoms with E-state index in [1.807, 2.05) is 0 Å². The zero-order chi connectivity index (χ0) is 20.5. The van der Waals surface area contributed by atoms with Crippen LogP contribution in [0.3, 0.4) is 0 Å². The average Bonchev–Trinajstić information content (AvgIpc) is 2.66. The predicted molar refractivity (Wildman–Crippen MR) is 116 cm³/mol. The van der Waals surface area contributed by atoms with Crippen LogP contribution in [0.25, 0.3) is 0 Å². The Morgan fingerprint density at radius 2 is 1.68 bits per heavy atom. The second kappa shape index (κ2) is 11.2. The molecular formula is C23H38O4S. The number of hydrogen-bond donors (Lipinski definition) is 0. The van der Waals surface area contributed by atoms with E-state index in [0.29, 0.717) is 12.4 Å². The van der Waals surface area contributed by atoms with E-state index in [4.69, 9.17) is 9.47 Å². The highest BCUT2D eigenvalue weighted by atomic mass is 32.2. The lowest BCUT2D eigenvalue weighted by atomic mass is 10.1. The maximum absolute atomic E-state index is 12.1. The van der Waals surface area contributed by atoms with Crippen molar-refractivity contribution in [1.82, 2.24) is 0 Å². The van der Waals surface area contributed by atoms with Crippen LogP contribution in [0, 0.1) is 0 Å². The third kappa shape index (κ3) is 8.12. The van der Waals surface area contributed by atoms with Gasteiger partial charge in [-0.25, -0.2) is 8.42 Å². The lowest BCUT2D eigenvalue weighted by molar-refractivity contribution is -0.0110. The molecule has 0 spiro atoms. The Kier molecular flexibility index (Phi) is 9.29. The summed E-state index contributed by atoms with van der Waals surface area (Å²) < 4.78 is 35.1. The van der Waals surface area contributed by atoms with Crippen LogP contribution in [0.5, 0.6) is 5.75 Å². The summed E-state index contributed by atoms with van der Waals surface area (Å²) in [4.78, 5) is 0. The Morgan fingerprint density at radius 3 is 2.32 bits per heavy atom. The van der Waals surface area contributed by atoms with Gasteiger partial charge in [0.15, 0.2) is 9.84 Å². The molecule has 4 nitrogen and oxygen atoms in total. The smallest absolute Gasteiger partial charge is 0.155 e. The van der Waals surface area contributed by atoms with E-state index < -0.39 is 14.6 Å². The Balaban J connectivity index is 1.55. The van der Waals surface area contributed by atoms with Gasteiger partial charge < -0.3 is 9.47 Å². The van der Waals surface area contributed by atoms with Gasteiger partial charge in [0.2, 0.25) is 0 Å². The number of unbranched alkanes of at least 4 members (excludes halogenated alkanes) is 4. The number of benzene rings is 1. The van der Waals surface area contributed by atoms with Crippen molar-refractivity contribution in [1.29, 1.82) is 0 Å². The first kappa shape index (κ1) is 23.2. The van der Waals surface area contributed by atoms with Gasteiger partial charge in [-0.15, -0.1) is 0 Å². The molecule has 1 aromatic carbocycles. The van der Waals surface area contributed by atoms with Gasteiger partial charge in [-0.3, -0.25) is 0 Å². The molecule has 0 N–H and O–H groups in total. The Hall–Kier alpha value is -1.07. The van der Waals surface area contributed by atoms with Gasteiger partial charge in [0.1, 0.15) is 12.4 Å². The molecule has 0 bridgehead atoms. The molecular weight excluding hydrogens is 372 g/mol. The summed E-state index contributed by atoms with van der Waals surface area (Å²) in [6, 6.07) is 8.39. The van der Waals surface area contributed by atoms with Crippen LogP contribution in [0.4, 0.5) is 0 Å². The van der Waals surface area contributed by atoms with Crippen molar-refractivity contribution in [3.63, 3.8) is 0 Å². The summed E-state index contributed by atoms with van der Waals surface area (Å²) >= 11 is 0. The van der Waals surface area contributed by atoms with Crippen LogP contribution in [-0.4, -0.2) is 38.2 Å². The zero-order valence-electron chi connectivity index (χ0n) is 17.9. The van der Waals surface area contributed by atoms with E-state index in [-0.39, 0.29) is 6.10 Å². The standard InChI is InChI=1S/C23H38O4S/c1-23(2,3)28(24,25)18-10-6-4-5-7-11-20-13-15-21(16-14-20)27-19-22-12-8-9-17-26-22/h13-16,22H,4-12,17-19H2,1-3H3. The summed E-state index contributed by atoms with van der Waals surface area (Å²) in [6.07, 6.45) is 9.96. The molecule has 1 fully saturated rings. The van der Waals surface area contributed by atoms with E-state index >= 15 is 0 Å². The van der Waals surface area contributed by atoms with Crippen LogP contribution in [-0.2, 0) is 21.0 Å². The van der Waals surface area contributed by atoms with Crippen LogP contribution in [0.1, 0.15) is 77.7 Å². The molecule has 0 amide bonds. The molecule has 0 radical (unpaired) electrons. The van der Waals surface area contributed by atoms with Gasteiger partial charge in [-0.2, -0.15) is 0 Å². The Labute approximate surface area is 171 Å². The molecule has 1 aliphatic heterocycles. The van der Waals surface area contributed by atoms with Gasteiger partial charge in [-0.05, 0) is 77.0 Å². The summed E-state index contributed by atoms with van der Waals surface area (Å²) in [5.74, 6) is 1.22. The molecule has 1 unspecified atom stereocenters. The number of rotatable bonds is 11. The highest BCUT2D eigenvalue weighted by Crippen LogP contribution is 2.19. The van der Waals surface area contributed by atoms with Crippen LogP contribution in [0.15, 0.2) is 24.3 Å². The first-order valence-electron chi connectivity index (χ1n) is 10.8. The minimum Gasteiger partial charge on any atom is -0.491 e. The third-order valence-corrected chi connectivity index (χ3v) is 8.14. The highest BCUT2D eigenvalue weighted by Gasteiger charge is 2.27. The fourth-order valence-corrected chi connectivity index (χ4v) is 4.53. The molecule has 1 atom stereocenters. The highest BCUT2D eigenvalue weighted by molar-refractivity contribution is 7.92. The lowest BCUT2D eigenvalue weighted by Gasteiger charge is -2.22. The van der Waals surface area contributed by atoms with Gasteiger partial charge in [0.25, 0.3) is 0 Å². The van der Waals surface area contributed by atoms with Crippen LogP contribution in [0.2, 0.25) is 0 Å². The van der Waals surface area contributed by atoms with Crippen molar-refractivity contribution in [2.75, 3.05) is 19.0 Å². The molecule has 0 saturated carbocycles. The summed E-state index contributed by atoms with van der Waals surface area (Å²) in [5, 5.41) is 0. The monoisotopic (exact) mass is 410 g/mol. The maximum atomic E-state index is 12.1. The second-order valence-electron chi connectivity index (χ2n) is 8.89. The topological polar surface area (TPSA) is 52.6 Å². The van der Waals surface area contributed by atoms with Crippen molar-refractivity contribution < 1.29 is 17.9 Å². The molecule has 1 aromatic rings. The normalized spacial score (nSPS) is 18.2. The first-order chi connectivity index (χ1) is 13.3. The zero-order valence-corrected chi connectivity index (χ0v) is 18.7. The second-order valence-corrected chi connectivity index (χ2v) is 11.8. The number of aryl methyl sites for hydroxylation is 1. The third-order valence-electron chi connectivity index (χ3n) is 5.44. The largest absolute Gasteiger partial charge is 0.491 e.